The van der Waals surface area contributed by atoms with Crippen molar-refractivity contribution < 1.29 is 4.84 Å². The number of allylic oxidation sites excluding steroid dienone is 4. The maximum Gasteiger partial charge on any atom is 0.133 e. The van der Waals surface area contributed by atoms with Crippen molar-refractivity contribution in [2.45, 2.75) is 59.5 Å². The number of hydrogen-bond acceptors (Lipinski definition) is 5. The summed E-state index contributed by atoms with van der Waals surface area (Å²) in [5, 5.41) is 13.7. The van der Waals surface area contributed by atoms with Crippen molar-refractivity contribution in [2.75, 3.05) is 25.0 Å². The Morgan fingerprint density at radius 1 is 1.41 bits per heavy atom. The van der Waals surface area contributed by atoms with Crippen molar-refractivity contribution >= 4 is 5.82 Å². The third-order valence-electron chi connectivity index (χ3n) is 4.69. The highest BCUT2D eigenvalue weighted by molar-refractivity contribution is 5.51. The van der Waals surface area contributed by atoms with Crippen LogP contribution in [0.15, 0.2) is 36.7 Å². The van der Waals surface area contributed by atoms with E-state index in [9.17, 15) is 0 Å². The Kier molecular flexibility index (Phi) is 8.13. The van der Waals surface area contributed by atoms with Crippen molar-refractivity contribution in [2.24, 2.45) is 0 Å². The first-order valence-corrected chi connectivity index (χ1v) is 9.97. The van der Waals surface area contributed by atoms with Crippen molar-refractivity contribution in [3.05, 3.63) is 48.0 Å². The second kappa shape index (κ2) is 10.3. The number of likely N-dealkylation sites (N-methyl/N-ethyl adjacent to an activating group) is 1. The SMILES string of the molecule is C=C(Nc1c(C)c(CCC)nn1C(C)/C=C\C=C/C)N[C@H]1CON(CC)C1. The topological polar surface area (TPSA) is 54.4 Å². The fourth-order valence-corrected chi connectivity index (χ4v) is 3.18. The van der Waals surface area contributed by atoms with Gasteiger partial charge < -0.3 is 10.6 Å². The zero-order valence-electron chi connectivity index (χ0n) is 17.5. The molecule has 1 fully saturated rings. The first-order chi connectivity index (χ1) is 13.0. The largest absolute Gasteiger partial charge is 0.366 e. The van der Waals surface area contributed by atoms with Crippen LogP contribution in [-0.2, 0) is 11.3 Å². The molecular weight excluding hydrogens is 338 g/mol. The number of hydrogen-bond donors (Lipinski definition) is 2. The molecule has 1 unspecified atom stereocenters. The molecule has 6 nitrogen and oxygen atoms in total. The molecule has 2 rings (SSSR count). The van der Waals surface area contributed by atoms with Crippen LogP contribution in [0.2, 0.25) is 0 Å². The Balaban J connectivity index is 2.14. The Hall–Kier alpha value is -2.05. The monoisotopic (exact) mass is 373 g/mol. The lowest BCUT2D eigenvalue weighted by Gasteiger charge is -2.19. The fourth-order valence-electron chi connectivity index (χ4n) is 3.18. The summed E-state index contributed by atoms with van der Waals surface area (Å²) in [4.78, 5) is 5.61. The molecule has 2 N–H and O–H groups in total. The summed E-state index contributed by atoms with van der Waals surface area (Å²) >= 11 is 0. The standard InChI is InChI=1S/C21H35N5O/c1-7-10-11-13-16(4)26-21(17(5)20(24-26)12-8-2)23-18(6)22-19-14-25(9-3)27-15-19/h7,10-11,13,16,19,22-23H,6,8-9,12,14-15H2,1-5H3/b10-7-,13-11-/t16?,19-/m1/s1. The Labute approximate surface area is 163 Å². The van der Waals surface area contributed by atoms with Crippen molar-refractivity contribution in [1.82, 2.24) is 20.2 Å². The Morgan fingerprint density at radius 3 is 2.81 bits per heavy atom. The van der Waals surface area contributed by atoms with Gasteiger partial charge in [-0.1, -0.05) is 51.2 Å². The quantitative estimate of drug-likeness (QED) is 0.608. The first kappa shape index (κ1) is 21.3. The molecule has 1 aliphatic rings. The number of aromatic nitrogens is 2. The van der Waals surface area contributed by atoms with Gasteiger partial charge in [0.25, 0.3) is 0 Å². The Morgan fingerprint density at radius 2 is 2.19 bits per heavy atom. The minimum absolute atomic E-state index is 0.145. The number of anilines is 1. The van der Waals surface area contributed by atoms with Gasteiger partial charge in [-0.2, -0.15) is 10.2 Å². The molecule has 1 aliphatic heterocycles. The molecule has 0 radical (unpaired) electrons. The van der Waals surface area contributed by atoms with Crippen LogP contribution >= 0.6 is 0 Å². The zero-order chi connectivity index (χ0) is 19.8. The molecule has 0 saturated carbocycles. The second-order valence-corrected chi connectivity index (χ2v) is 6.99. The van der Waals surface area contributed by atoms with Gasteiger partial charge in [0.2, 0.25) is 0 Å². The molecule has 0 amide bonds. The summed E-state index contributed by atoms with van der Waals surface area (Å²) in [6.45, 7) is 17.1. The predicted molar refractivity (Wildman–Crippen MR) is 113 cm³/mol. The molecule has 0 aromatic carbocycles. The van der Waals surface area contributed by atoms with E-state index >= 15 is 0 Å². The molecule has 0 spiro atoms. The molecule has 27 heavy (non-hydrogen) atoms. The summed E-state index contributed by atoms with van der Waals surface area (Å²) in [5.74, 6) is 1.78. The van der Waals surface area contributed by atoms with Gasteiger partial charge in [0.15, 0.2) is 0 Å². The van der Waals surface area contributed by atoms with Crippen molar-refractivity contribution in [3.63, 3.8) is 0 Å². The van der Waals surface area contributed by atoms with E-state index in [0.717, 1.165) is 43.3 Å². The molecule has 2 heterocycles. The van der Waals surface area contributed by atoms with E-state index in [0.29, 0.717) is 6.61 Å². The van der Waals surface area contributed by atoms with Crippen LogP contribution in [-0.4, -0.2) is 40.6 Å². The molecule has 1 saturated heterocycles. The third-order valence-corrected chi connectivity index (χ3v) is 4.69. The number of nitrogens with one attached hydrogen (secondary N) is 2. The molecule has 0 aliphatic carbocycles. The van der Waals surface area contributed by atoms with E-state index in [-0.39, 0.29) is 12.1 Å². The maximum absolute atomic E-state index is 5.61. The summed E-state index contributed by atoms with van der Waals surface area (Å²) in [6, 6.07) is 0.384. The van der Waals surface area contributed by atoms with E-state index in [1.807, 2.05) is 24.1 Å². The first-order valence-electron chi connectivity index (χ1n) is 9.97. The number of rotatable bonds is 10. The number of aryl methyl sites for hydroxylation is 1. The van der Waals surface area contributed by atoms with Crippen LogP contribution in [0.25, 0.3) is 0 Å². The van der Waals surface area contributed by atoms with Gasteiger partial charge in [-0.25, -0.2) is 4.68 Å². The maximum atomic E-state index is 5.61. The highest BCUT2D eigenvalue weighted by Gasteiger charge is 2.23. The van der Waals surface area contributed by atoms with Gasteiger partial charge in [0.1, 0.15) is 5.82 Å². The Bertz CT molecular complexity index is 676. The third kappa shape index (κ3) is 5.71. The van der Waals surface area contributed by atoms with Gasteiger partial charge in [-0.05, 0) is 27.2 Å². The van der Waals surface area contributed by atoms with E-state index < -0.39 is 0 Å². The van der Waals surface area contributed by atoms with Crippen LogP contribution in [0.3, 0.4) is 0 Å². The average Bonchev–Trinajstić information content (AvgIpc) is 3.21. The summed E-state index contributed by atoms with van der Waals surface area (Å²) < 4.78 is 2.05. The smallest absolute Gasteiger partial charge is 0.133 e. The molecule has 0 bridgehead atoms. The molecule has 1 aromatic rings. The molecular formula is C21H35N5O. The zero-order valence-corrected chi connectivity index (χ0v) is 17.5. The van der Waals surface area contributed by atoms with Crippen LogP contribution in [0.5, 0.6) is 0 Å². The minimum Gasteiger partial charge on any atom is -0.366 e. The molecule has 2 atom stereocenters. The molecule has 150 valence electrons. The minimum atomic E-state index is 0.145. The van der Waals surface area contributed by atoms with Crippen molar-refractivity contribution in [3.8, 4) is 0 Å². The molecule has 1 aromatic heterocycles. The van der Waals surface area contributed by atoms with Crippen LogP contribution in [0.4, 0.5) is 5.82 Å². The van der Waals surface area contributed by atoms with E-state index in [2.05, 4.69) is 61.7 Å². The fraction of sp³-hybridized carbons (Fsp3) is 0.571. The highest BCUT2D eigenvalue weighted by atomic mass is 16.7. The number of nitrogens with zero attached hydrogens (tertiary/aromatic N) is 3. The van der Waals surface area contributed by atoms with E-state index in [4.69, 9.17) is 9.94 Å². The van der Waals surface area contributed by atoms with E-state index in [1.165, 1.54) is 5.56 Å². The lowest BCUT2D eigenvalue weighted by Crippen LogP contribution is -2.35. The predicted octanol–water partition coefficient (Wildman–Crippen LogP) is 3.95. The summed E-state index contributed by atoms with van der Waals surface area (Å²) in [5.41, 5.74) is 2.32. The lowest BCUT2D eigenvalue weighted by molar-refractivity contribution is -0.105. The summed E-state index contributed by atoms with van der Waals surface area (Å²) in [6.07, 6.45) is 10.3. The van der Waals surface area contributed by atoms with Crippen LogP contribution in [0.1, 0.15) is 51.4 Å². The molecule has 6 heteroatoms. The van der Waals surface area contributed by atoms with Gasteiger partial charge in [-0.3, -0.25) is 4.84 Å². The van der Waals surface area contributed by atoms with E-state index in [1.54, 1.807) is 0 Å². The average molecular weight is 374 g/mol. The van der Waals surface area contributed by atoms with Gasteiger partial charge in [0, 0.05) is 18.7 Å². The normalized spacial score (nSPS) is 19.2. The van der Waals surface area contributed by atoms with Gasteiger partial charge >= 0.3 is 0 Å². The lowest BCUT2D eigenvalue weighted by atomic mass is 10.2. The van der Waals surface area contributed by atoms with Crippen LogP contribution in [0, 0.1) is 6.92 Å². The van der Waals surface area contributed by atoms with Gasteiger partial charge in [0.05, 0.1) is 30.2 Å². The highest BCUT2D eigenvalue weighted by Crippen LogP contribution is 2.25. The van der Waals surface area contributed by atoms with Gasteiger partial charge in [-0.15, -0.1) is 0 Å². The number of hydroxylamine groups is 2. The second-order valence-electron chi connectivity index (χ2n) is 6.99. The van der Waals surface area contributed by atoms with Crippen LogP contribution < -0.4 is 10.6 Å². The van der Waals surface area contributed by atoms with Crippen molar-refractivity contribution in [1.29, 1.82) is 0 Å². The summed E-state index contributed by atoms with van der Waals surface area (Å²) in [7, 11) is 0.